The maximum Gasteiger partial charge on any atom is 0.326 e. The molecule has 0 aliphatic carbocycles. The van der Waals surface area contributed by atoms with Gasteiger partial charge in [-0.25, -0.2) is 9.78 Å². The summed E-state index contributed by atoms with van der Waals surface area (Å²) < 4.78 is 0. The van der Waals surface area contributed by atoms with Gasteiger partial charge in [0.1, 0.15) is 18.1 Å². The predicted molar refractivity (Wildman–Crippen MR) is 126 cm³/mol. The number of carbonyl (C=O) groups excluding carboxylic acids is 4. The van der Waals surface area contributed by atoms with Crippen molar-refractivity contribution in [2.24, 2.45) is 23.3 Å². The summed E-state index contributed by atoms with van der Waals surface area (Å²) in [6.07, 6.45) is 3.17. The van der Waals surface area contributed by atoms with Crippen LogP contribution >= 0.6 is 0 Å². The molecule has 1 aromatic heterocycles. The van der Waals surface area contributed by atoms with Crippen LogP contribution in [0.5, 0.6) is 0 Å². The van der Waals surface area contributed by atoms with Crippen LogP contribution in [-0.2, 0) is 30.4 Å². The van der Waals surface area contributed by atoms with Crippen LogP contribution in [0.25, 0.3) is 0 Å². The monoisotopic (exact) mass is 495 g/mol. The highest BCUT2D eigenvalue weighted by Gasteiger charge is 2.32. The smallest absolute Gasteiger partial charge is 0.326 e. The van der Waals surface area contributed by atoms with Crippen LogP contribution in [0, 0.1) is 11.8 Å². The van der Waals surface area contributed by atoms with Gasteiger partial charge in [0.25, 0.3) is 0 Å². The second-order valence-electron chi connectivity index (χ2n) is 8.89. The highest BCUT2D eigenvalue weighted by Crippen LogP contribution is 2.09. The fraction of sp³-hybridized carbons (Fsp3) is 0.636. The number of nitrogens with zero attached hydrogens (tertiary/aromatic N) is 1. The van der Waals surface area contributed by atoms with Gasteiger partial charge in [-0.1, -0.05) is 34.1 Å². The number of carbonyl (C=O) groups is 5. The molecule has 0 bridgehead atoms. The number of amides is 4. The molecule has 35 heavy (non-hydrogen) atoms. The van der Waals surface area contributed by atoms with Crippen molar-refractivity contribution in [3.63, 3.8) is 0 Å². The molecule has 0 radical (unpaired) electrons. The molecule has 1 rings (SSSR count). The molecule has 0 saturated carbocycles. The summed E-state index contributed by atoms with van der Waals surface area (Å²) >= 11 is 0. The van der Waals surface area contributed by atoms with E-state index in [9.17, 15) is 29.1 Å². The Morgan fingerprint density at radius 2 is 1.63 bits per heavy atom. The Hall–Kier alpha value is -3.48. The van der Waals surface area contributed by atoms with E-state index < -0.39 is 59.7 Å². The normalized spacial score (nSPS) is 15.4. The van der Waals surface area contributed by atoms with Crippen LogP contribution in [0.2, 0.25) is 0 Å². The molecule has 0 spiro atoms. The molecule has 0 saturated heterocycles. The molecule has 0 fully saturated rings. The van der Waals surface area contributed by atoms with E-state index in [1.54, 1.807) is 20.8 Å². The van der Waals surface area contributed by atoms with Gasteiger partial charge in [0, 0.05) is 24.7 Å². The van der Waals surface area contributed by atoms with Gasteiger partial charge >= 0.3 is 5.97 Å². The van der Waals surface area contributed by atoms with Crippen LogP contribution in [0.1, 0.15) is 52.7 Å². The quantitative estimate of drug-likeness (QED) is 0.156. The molecule has 4 amide bonds. The zero-order valence-corrected chi connectivity index (χ0v) is 20.5. The highest BCUT2D eigenvalue weighted by atomic mass is 16.4. The summed E-state index contributed by atoms with van der Waals surface area (Å²) in [5.74, 6) is -4.51. The van der Waals surface area contributed by atoms with Crippen molar-refractivity contribution >= 4 is 29.6 Å². The van der Waals surface area contributed by atoms with Gasteiger partial charge in [-0.05, 0) is 18.3 Å². The molecule has 13 nitrogen and oxygen atoms in total. The van der Waals surface area contributed by atoms with Crippen LogP contribution in [-0.4, -0.2) is 68.8 Å². The van der Waals surface area contributed by atoms with Crippen LogP contribution in [0.15, 0.2) is 12.5 Å². The van der Waals surface area contributed by atoms with E-state index in [1.165, 1.54) is 12.5 Å². The van der Waals surface area contributed by atoms with Gasteiger partial charge in [-0.15, -0.1) is 0 Å². The molecule has 5 unspecified atom stereocenters. The van der Waals surface area contributed by atoms with Gasteiger partial charge in [-0.3, -0.25) is 19.2 Å². The number of aromatic amines is 1. The third-order valence-electron chi connectivity index (χ3n) is 5.71. The molecule has 5 atom stereocenters. The summed E-state index contributed by atoms with van der Waals surface area (Å²) in [6, 6.07) is -4.44. The Morgan fingerprint density at radius 1 is 1.03 bits per heavy atom. The molecule has 1 aromatic rings. The summed E-state index contributed by atoms with van der Waals surface area (Å²) in [6.45, 7) is 6.94. The first kappa shape index (κ1) is 29.6. The third kappa shape index (κ3) is 9.73. The molecule has 13 heteroatoms. The lowest BCUT2D eigenvalue weighted by molar-refractivity contribution is -0.143. The van der Waals surface area contributed by atoms with E-state index in [0.717, 1.165) is 0 Å². The standard InChI is InChI=1S/C22H37N7O6/c1-5-12(4)17(24)21(33)27-14(6-7-16(23)30)19(31)28-15(8-13-9-25-10-26-13)20(32)29-18(11(2)3)22(34)35/h9-12,14-15,17-18H,5-8,24H2,1-4H3,(H2,23,30)(H,25,26)(H,27,33)(H,28,31)(H,29,32)(H,34,35). The van der Waals surface area contributed by atoms with Crippen LogP contribution < -0.4 is 27.4 Å². The molecule has 1 heterocycles. The zero-order chi connectivity index (χ0) is 26.7. The first-order valence-corrected chi connectivity index (χ1v) is 11.5. The number of imidazole rings is 1. The highest BCUT2D eigenvalue weighted by molar-refractivity contribution is 5.94. The van der Waals surface area contributed by atoms with Gasteiger partial charge < -0.3 is 37.5 Å². The van der Waals surface area contributed by atoms with Gasteiger partial charge in [0.2, 0.25) is 23.6 Å². The minimum Gasteiger partial charge on any atom is -0.480 e. The van der Waals surface area contributed by atoms with Gasteiger partial charge in [-0.2, -0.15) is 0 Å². The molecule has 196 valence electrons. The molecule has 0 aliphatic rings. The van der Waals surface area contributed by atoms with E-state index >= 15 is 0 Å². The Morgan fingerprint density at radius 3 is 2.11 bits per heavy atom. The number of nitrogens with one attached hydrogen (secondary N) is 4. The number of hydrogen-bond acceptors (Lipinski definition) is 7. The largest absolute Gasteiger partial charge is 0.480 e. The number of nitrogens with two attached hydrogens (primary N) is 2. The lowest BCUT2D eigenvalue weighted by Crippen LogP contribution is -2.58. The second kappa shape index (κ2) is 14.0. The number of carboxylic acids is 1. The van der Waals surface area contributed by atoms with E-state index in [-0.39, 0.29) is 25.2 Å². The van der Waals surface area contributed by atoms with Crippen molar-refractivity contribution in [1.82, 2.24) is 25.9 Å². The van der Waals surface area contributed by atoms with E-state index in [2.05, 4.69) is 25.9 Å². The minimum atomic E-state index is -1.22. The Labute approximate surface area is 204 Å². The molecule has 0 aliphatic heterocycles. The van der Waals surface area contributed by atoms with E-state index in [1.807, 2.05) is 6.92 Å². The van der Waals surface area contributed by atoms with Gasteiger partial charge in [0.15, 0.2) is 0 Å². The minimum absolute atomic E-state index is 0.0229. The number of carboxylic acid groups (broad SMARTS) is 1. The first-order chi connectivity index (χ1) is 16.4. The van der Waals surface area contributed by atoms with Crippen molar-refractivity contribution in [3.8, 4) is 0 Å². The fourth-order valence-corrected chi connectivity index (χ4v) is 3.20. The molecule has 0 aromatic carbocycles. The molecule has 9 N–H and O–H groups in total. The van der Waals surface area contributed by atoms with E-state index in [4.69, 9.17) is 11.5 Å². The Balaban J connectivity index is 3.10. The van der Waals surface area contributed by atoms with Crippen molar-refractivity contribution in [3.05, 3.63) is 18.2 Å². The van der Waals surface area contributed by atoms with Crippen LogP contribution in [0.4, 0.5) is 0 Å². The number of rotatable bonds is 15. The average Bonchev–Trinajstić information content (AvgIpc) is 3.30. The zero-order valence-electron chi connectivity index (χ0n) is 20.5. The number of aromatic nitrogens is 2. The second-order valence-corrected chi connectivity index (χ2v) is 8.89. The van der Waals surface area contributed by atoms with Crippen molar-refractivity contribution < 1.29 is 29.1 Å². The summed E-state index contributed by atoms with van der Waals surface area (Å²) in [4.78, 5) is 68.2. The summed E-state index contributed by atoms with van der Waals surface area (Å²) in [5.41, 5.74) is 11.7. The third-order valence-corrected chi connectivity index (χ3v) is 5.71. The number of primary amides is 1. The summed E-state index contributed by atoms with van der Waals surface area (Å²) in [5, 5.41) is 16.9. The first-order valence-electron chi connectivity index (χ1n) is 11.5. The maximum absolute atomic E-state index is 13.1. The maximum atomic E-state index is 13.1. The van der Waals surface area contributed by atoms with Crippen molar-refractivity contribution in [2.75, 3.05) is 0 Å². The Kier molecular flexibility index (Phi) is 11.9. The number of hydrogen-bond donors (Lipinski definition) is 7. The van der Waals surface area contributed by atoms with Crippen LogP contribution in [0.3, 0.4) is 0 Å². The van der Waals surface area contributed by atoms with Crippen molar-refractivity contribution in [1.29, 1.82) is 0 Å². The lowest BCUT2D eigenvalue weighted by Gasteiger charge is -2.26. The summed E-state index contributed by atoms with van der Waals surface area (Å²) in [7, 11) is 0. The topological polar surface area (TPSA) is 222 Å². The average molecular weight is 496 g/mol. The van der Waals surface area contributed by atoms with Gasteiger partial charge in [0.05, 0.1) is 12.4 Å². The SMILES string of the molecule is CCC(C)C(N)C(=O)NC(CCC(N)=O)C(=O)NC(Cc1cnc[nH]1)C(=O)NC(C(=O)O)C(C)C. The number of aliphatic carboxylic acids is 1. The van der Waals surface area contributed by atoms with E-state index in [0.29, 0.717) is 12.1 Å². The lowest BCUT2D eigenvalue weighted by atomic mass is 9.98. The number of H-pyrrole nitrogens is 1. The fourth-order valence-electron chi connectivity index (χ4n) is 3.20. The molecular weight excluding hydrogens is 458 g/mol. The predicted octanol–water partition coefficient (Wildman–Crippen LogP) is -1.21. The van der Waals surface area contributed by atoms with Crippen molar-refractivity contribution in [2.45, 2.75) is 77.5 Å². The Bertz CT molecular complexity index is 874. The molecular formula is C22H37N7O6.